The van der Waals surface area contributed by atoms with Crippen LogP contribution in [0.2, 0.25) is 0 Å². The number of likely N-dealkylation sites (N-methyl/N-ethyl adjacent to an activating group) is 1. The second-order valence-electron chi connectivity index (χ2n) is 6.92. The predicted molar refractivity (Wildman–Crippen MR) is 104 cm³/mol. The van der Waals surface area contributed by atoms with Crippen LogP contribution in [0.3, 0.4) is 0 Å². The highest BCUT2D eigenvalue weighted by molar-refractivity contribution is 7.89. The van der Waals surface area contributed by atoms with Gasteiger partial charge in [-0.25, -0.2) is 8.42 Å². The van der Waals surface area contributed by atoms with Crippen molar-refractivity contribution in [1.29, 1.82) is 0 Å². The van der Waals surface area contributed by atoms with Gasteiger partial charge in [0.05, 0.1) is 19.4 Å². The lowest BCUT2D eigenvalue weighted by Crippen LogP contribution is -2.45. The number of piperidine rings is 1. The molecule has 3 heterocycles. The number of nitrogens with one attached hydrogen (secondary N) is 1. The van der Waals surface area contributed by atoms with Crippen molar-refractivity contribution >= 4 is 21.8 Å². The smallest absolute Gasteiger partial charge is 0.244 e. The van der Waals surface area contributed by atoms with Crippen LogP contribution in [0, 0.1) is 5.92 Å². The largest absolute Gasteiger partial charge is 0.467 e. The third kappa shape index (κ3) is 5.21. The van der Waals surface area contributed by atoms with Crippen LogP contribution in [0.15, 0.2) is 52.2 Å². The Morgan fingerprint density at radius 2 is 2.03 bits per heavy atom. The van der Waals surface area contributed by atoms with Crippen LogP contribution in [-0.2, 0) is 26.2 Å². The molecular weight excluding hydrogens is 396 g/mol. The highest BCUT2D eigenvalue weighted by atomic mass is 32.2. The topological polar surface area (TPSA) is 113 Å². The van der Waals surface area contributed by atoms with Crippen LogP contribution in [0.25, 0.3) is 0 Å². The lowest BCUT2D eigenvalue weighted by molar-refractivity contribution is -0.139. The minimum atomic E-state index is -3.61. The van der Waals surface area contributed by atoms with Crippen LogP contribution in [0.4, 0.5) is 0 Å². The second kappa shape index (κ2) is 9.19. The molecule has 0 saturated carbocycles. The van der Waals surface area contributed by atoms with Crippen molar-refractivity contribution in [3.05, 3.63) is 48.7 Å². The molecule has 0 spiro atoms. The standard InChI is InChI=1S/C19H24N4O5S/c1-22(14-18(24)21-12-16-4-3-11-28-16)19(25)15-6-9-23(10-7-15)29(26,27)17-5-2-8-20-13-17/h2-5,8,11,13,15H,6-7,9-10,12,14H2,1H3,(H,21,24). The number of pyridine rings is 1. The van der Waals surface area contributed by atoms with E-state index in [9.17, 15) is 18.0 Å². The number of furan rings is 1. The van der Waals surface area contributed by atoms with Crippen molar-refractivity contribution in [3.63, 3.8) is 0 Å². The summed E-state index contributed by atoms with van der Waals surface area (Å²) in [7, 11) is -2.03. The van der Waals surface area contributed by atoms with Gasteiger partial charge in [0.15, 0.2) is 0 Å². The molecule has 2 aromatic heterocycles. The zero-order valence-corrected chi connectivity index (χ0v) is 17.0. The Kier molecular flexibility index (Phi) is 6.65. The van der Waals surface area contributed by atoms with E-state index in [1.54, 1.807) is 25.2 Å². The summed E-state index contributed by atoms with van der Waals surface area (Å²) < 4.78 is 31.8. The van der Waals surface area contributed by atoms with Gasteiger partial charge in [-0.05, 0) is 37.1 Å². The summed E-state index contributed by atoms with van der Waals surface area (Å²) in [6.07, 6.45) is 5.19. The Hall–Kier alpha value is -2.72. The van der Waals surface area contributed by atoms with Gasteiger partial charge in [-0.3, -0.25) is 14.6 Å². The molecule has 2 amide bonds. The Bertz CT molecular complexity index is 923. The number of sulfonamides is 1. The van der Waals surface area contributed by atoms with E-state index in [4.69, 9.17) is 4.42 Å². The molecule has 1 aliphatic rings. The third-order valence-electron chi connectivity index (χ3n) is 4.87. The van der Waals surface area contributed by atoms with E-state index in [1.807, 2.05) is 0 Å². The van der Waals surface area contributed by atoms with Gasteiger partial charge in [0, 0.05) is 38.4 Å². The summed E-state index contributed by atoms with van der Waals surface area (Å²) in [6, 6.07) is 6.57. The van der Waals surface area contributed by atoms with E-state index in [2.05, 4.69) is 10.3 Å². The first-order chi connectivity index (χ1) is 13.9. The van der Waals surface area contributed by atoms with E-state index in [1.165, 1.54) is 33.9 Å². The predicted octanol–water partition coefficient (Wildman–Crippen LogP) is 0.850. The van der Waals surface area contributed by atoms with Crippen molar-refractivity contribution in [1.82, 2.24) is 19.5 Å². The van der Waals surface area contributed by atoms with Gasteiger partial charge >= 0.3 is 0 Å². The van der Waals surface area contributed by atoms with Gasteiger partial charge in [0.25, 0.3) is 0 Å². The molecule has 9 nitrogen and oxygen atoms in total. The van der Waals surface area contributed by atoms with Crippen LogP contribution in [0.5, 0.6) is 0 Å². The lowest BCUT2D eigenvalue weighted by Gasteiger charge is -2.32. The molecule has 10 heteroatoms. The van der Waals surface area contributed by atoms with Crippen molar-refractivity contribution in [2.24, 2.45) is 5.92 Å². The first kappa shape index (κ1) is 21.0. The summed E-state index contributed by atoms with van der Waals surface area (Å²) in [5.41, 5.74) is 0. The van der Waals surface area contributed by atoms with Crippen molar-refractivity contribution in [2.75, 3.05) is 26.7 Å². The molecule has 156 valence electrons. The number of rotatable bonds is 7. The Morgan fingerprint density at radius 1 is 1.28 bits per heavy atom. The Balaban J connectivity index is 1.48. The molecule has 0 unspecified atom stereocenters. The third-order valence-corrected chi connectivity index (χ3v) is 6.75. The quantitative estimate of drug-likeness (QED) is 0.711. The van der Waals surface area contributed by atoms with Gasteiger partial charge in [0.1, 0.15) is 10.7 Å². The average molecular weight is 420 g/mol. The molecule has 0 radical (unpaired) electrons. The molecule has 29 heavy (non-hydrogen) atoms. The fraction of sp³-hybridized carbons (Fsp3) is 0.421. The fourth-order valence-corrected chi connectivity index (χ4v) is 4.69. The van der Waals surface area contributed by atoms with E-state index >= 15 is 0 Å². The summed E-state index contributed by atoms with van der Waals surface area (Å²) in [4.78, 5) is 30.1. The molecule has 0 aliphatic carbocycles. The Labute approximate surface area is 169 Å². The van der Waals surface area contributed by atoms with Crippen LogP contribution >= 0.6 is 0 Å². The first-order valence-electron chi connectivity index (χ1n) is 9.32. The van der Waals surface area contributed by atoms with Crippen molar-refractivity contribution in [3.8, 4) is 0 Å². The van der Waals surface area contributed by atoms with E-state index in [0.717, 1.165) is 0 Å². The average Bonchev–Trinajstić information content (AvgIpc) is 3.26. The molecule has 3 rings (SSSR count). The number of hydrogen-bond acceptors (Lipinski definition) is 6. The Morgan fingerprint density at radius 3 is 2.66 bits per heavy atom. The highest BCUT2D eigenvalue weighted by Crippen LogP contribution is 2.24. The number of aromatic nitrogens is 1. The molecule has 1 N–H and O–H groups in total. The fourth-order valence-electron chi connectivity index (χ4n) is 3.25. The van der Waals surface area contributed by atoms with Crippen LogP contribution in [-0.4, -0.2) is 61.1 Å². The van der Waals surface area contributed by atoms with Gasteiger partial charge in [-0.15, -0.1) is 0 Å². The maximum absolute atomic E-state index is 12.6. The SMILES string of the molecule is CN(CC(=O)NCc1ccco1)C(=O)C1CCN(S(=O)(=O)c2cccnc2)CC1. The monoisotopic (exact) mass is 420 g/mol. The molecule has 0 atom stereocenters. The van der Waals surface area contributed by atoms with Gasteiger partial charge in [-0.2, -0.15) is 4.31 Å². The highest BCUT2D eigenvalue weighted by Gasteiger charge is 2.33. The summed E-state index contributed by atoms with van der Waals surface area (Å²) in [5.74, 6) is -0.113. The number of amides is 2. The number of nitrogens with zero attached hydrogens (tertiary/aromatic N) is 3. The molecule has 1 aliphatic heterocycles. The summed E-state index contributed by atoms with van der Waals surface area (Å²) >= 11 is 0. The number of carbonyl (C=O) groups is 2. The number of carbonyl (C=O) groups excluding carboxylic acids is 2. The van der Waals surface area contributed by atoms with Gasteiger partial charge < -0.3 is 14.6 Å². The lowest BCUT2D eigenvalue weighted by atomic mass is 9.97. The van der Waals surface area contributed by atoms with Crippen LogP contribution < -0.4 is 5.32 Å². The molecule has 2 aromatic rings. The molecular formula is C19H24N4O5S. The van der Waals surface area contributed by atoms with Crippen molar-refractivity contribution < 1.29 is 22.4 Å². The van der Waals surface area contributed by atoms with Gasteiger partial charge in [0.2, 0.25) is 21.8 Å². The van der Waals surface area contributed by atoms with E-state index in [0.29, 0.717) is 18.6 Å². The molecule has 0 aromatic carbocycles. The van der Waals surface area contributed by atoms with Crippen LogP contribution in [0.1, 0.15) is 18.6 Å². The zero-order valence-electron chi connectivity index (χ0n) is 16.2. The van der Waals surface area contributed by atoms with Crippen molar-refractivity contribution in [2.45, 2.75) is 24.3 Å². The number of hydrogen-bond donors (Lipinski definition) is 1. The maximum atomic E-state index is 12.6. The van der Waals surface area contributed by atoms with E-state index in [-0.39, 0.29) is 48.8 Å². The summed E-state index contributed by atoms with van der Waals surface area (Å²) in [5, 5.41) is 2.70. The minimum Gasteiger partial charge on any atom is -0.467 e. The molecule has 0 bridgehead atoms. The molecule has 1 fully saturated rings. The zero-order chi connectivity index (χ0) is 20.9. The molecule has 1 saturated heterocycles. The first-order valence-corrected chi connectivity index (χ1v) is 10.8. The van der Waals surface area contributed by atoms with E-state index < -0.39 is 10.0 Å². The second-order valence-corrected chi connectivity index (χ2v) is 8.86. The van der Waals surface area contributed by atoms with Gasteiger partial charge in [-0.1, -0.05) is 0 Å². The minimum absolute atomic E-state index is 0.0618. The normalized spacial score (nSPS) is 15.8. The maximum Gasteiger partial charge on any atom is 0.244 e. The summed E-state index contributed by atoms with van der Waals surface area (Å²) in [6.45, 7) is 0.713.